The molecule has 0 amide bonds. The van der Waals surface area contributed by atoms with Crippen LogP contribution in [0.5, 0.6) is 0 Å². The Hall–Kier alpha value is -10.1. The number of benzene rings is 9. The molecular weight excluding hydrogens is 2020 g/mol. The van der Waals surface area contributed by atoms with Gasteiger partial charge in [-0.05, 0) is 192 Å². The molecular formula is C101H94Ir3N3O6S3-3. The molecule has 3 radical (unpaired) electrons. The predicted octanol–water partition coefficient (Wildman–Crippen LogP) is 27.9. The van der Waals surface area contributed by atoms with Gasteiger partial charge >= 0.3 is 0 Å². The molecule has 116 heavy (non-hydrogen) atoms. The van der Waals surface area contributed by atoms with E-state index in [9.17, 15) is 14.4 Å². The number of carbonyl (C=O) groups is 3. The number of fused-ring (bicyclic) bond motifs is 3. The molecule has 0 bridgehead atoms. The minimum atomic E-state index is -0.125. The van der Waals surface area contributed by atoms with Crippen molar-refractivity contribution in [2.75, 3.05) is 0 Å². The largest absolute Gasteiger partial charge is 0.512 e. The topological polar surface area (TPSA) is 151 Å². The zero-order chi connectivity index (χ0) is 81.2. The summed E-state index contributed by atoms with van der Waals surface area (Å²) in [6.45, 7) is 30.7. The number of thiophene rings is 3. The van der Waals surface area contributed by atoms with E-state index in [0.717, 1.165) is 33.8 Å². The summed E-state index contributed by atoms with van der Waals surface area (Å²) >= 11 is 5.51. The van der Waals surface area contributed by atoms with Crippen molar-refractivity contribution >= 4 is 81.6 Å². The van der Waals surface area contributed by atoms with Gasteiger partial charge in [-0.2, -0.15) is 0 Å². The van der Waals surface area contributed by atoms with E-state index in [1.807, 2.05) is 89.0 Å². The minimum Gasteiger partial charge on any atom is -0.512 e. The van der Waals surface area contributed by atoms with Crippen molar-refractivity contribution in [3.05, 3.63) is 341 Å². The first kappa shape index (κ1) is 93.1. The second-order valence-electron chi connectivity index (χ2n) is 29.3. The van der Waals surface area contributed by atoms with Gasteiger partial charge in [-0.25, -0.2) is 0 Å². The molecule has 0 atom stereocenters. The van der Waals surface area contributed by atoms with Crippen LogP contribution < -0.4 is 0 Å². The van der Waals surface area contributed by atoms with Gasteiger partial charge in [0.25, 0.3) is 0 Å². The smallest absolute Gasteiger partial charge is 0.155 e. The number of hydrogen-bond donors (Lipinski definition) is 3. The number of aliphatic hydroxyl groups excluding tert-OH is 3. The predicted molar refractivity (Wildman–Crippen MR) is 477 cm³/mol. The number of aromatic nitrogens is 3. The molecule has 9 aromatic carbocycles. The van der Waals surface area contributed by atoms with Crippen LogP contribution in [0, 0.1) is 66.7 Å². The molecule has 0 unspecified atom stereocenters. The number of ketones is 3. The van der Waals surface area contributed by atoms with E-state index in [-0.39, 0.29) is 100 Å². The fraction of sp³-hybridized carbons (Fsp3) is 0.168. The Morgan fingerprint density at radius 1 is 0.336 bits per heavy atom. The number of nitrogens with zero attached hydrogens (tertiary/aromatic N) is 3. The van der Waals surface area contributed by atoms with E-state index in [4.69, 9.17) is 30.3 Å². The van der Waals surface area contributed by atoms with Crippen molar-refractivity contribution in [1.29, 1.82) is 0 Å². The summed E-state index contributed by atoms with van der Waals surface area (Å²) in [5.74, 6) is -0.187. The van der Waals surface area contributed by atoms with Crippen LogP contribution in [0.15, 0.2) is 279 Å². The maximum Gasteiger partial charge on any atom is 0.155 e. The Kier molecular flexibility index (Phi) is 34.6. The van der Waals surface area contributed by atoms with Gasteiger partial charge in [-0.15, -0.1) is 140 Å². The van der Waals surface area contributed by atoms with Crippen LogP contribution in [0.3, 0.4) is 0 Å². The van der Waals surface area contributed by atoms with E-state index in [1.54, 1.807) is 0 Å². The summed E-state index contributed by atoms with van der Waals surface area (Å²) in [4.78, 5) is 48.2. The second kappa shape index (κ2) is 43.2. The number of pyridine rings is 3. The van der Waals surface area contributed by atoms with Crippen LogP contribution >= 0.6 is 34.0 Å². The zero-order valence-corrected chi connectivity index (χ0v) is 77.6. The number of aryl methyl sites for hydroxylation is 7. The average molecular weight is 2120 g/mol. The fourth-order valence-corrected chi connectivity index (χ4v) is 16.8. The maximum absolute atomic E-state index is 10.0. The maximum atomic E-state index is 10.0. The number of rotatable bonds is 12. The summed E-state index contributed by atoms with van der Waals surface area (Å²) in [6, 6.07) is 89.6. The summed E-state index contributed by atoms with van der Waals surface area (Å²) in [7, 11) is 0. The third-order valence-electron chi connectivity index (χ3n) is 18.1. The Bertz CT molecular complexity index is 5870. The van der Waals surface area contributed by atoms with E-state index in [1.165, 1.54) is 199 Å². The van der Waals surface area contributed by atoms with Gasteiger partial charge < -0.3 is 30.3 Å². The van der Waals surface area contributed by atoms with Crippen LogP contribution in [-0.2, 0) is 80.1 Å². The molecule has 6 heterocycles. The Morgan fingerprint density at radius 3 is 0.905 bits per heavy atom. The molecule has 597 valence electrons. The van der Waals surface area contributed by atoms with Crippen LogP contribution in [0.25, 0.3) is 129 Å². The molecule has 0 spiro atoms. The molecule has 0 saturated heterocycles. The second-order valence-corrected chi connectivity index (χ2v) is 32.6. The summed E-state index contributed by atoms with van der Waals surface area (Å²) in [6.07, 6.45) is 9.48. The van der Waals surface area contributed by atoms with Gasteiger partial charge in [0.05, 0.1) is 17.3 Å². The quantitative estimate of drug-likeness (QED) is 0.0617. The standard InChI is InChI=1S/C31H28NS.C28H22NS.C27H20NS.3C5H8O2.3Ir/c1-20-14-26(31(3,4)5)15-21(2)30(20)29-17-25-19-32-27(18-28(25)33-29)24-13-9-12-23(16-24)22-10-7-6-8-11-22;1-18-12-19(2)28(20(3)13-18)27-15-24-17-29-25(16-26(24)30-27)23-11-7-10-22(14-23)21-8-5-4-6-9-21;1-18-11-19(2)13-23(12-18)26-15-24-17-28-25(16-27(24)29-26)22-10-6-9-21(14-22)20-7-4-3-5-8-20;3*1-4(6)3-5(2)7;;;/h6-12,14-19H,1-5H3;4-10,12-17H,1-3H3;3-9,11-17H,1-2H3;3*3,6H,1-2H3;;;/q3*-1;;;;;;. The van der Waals surface area contributed by atoms with E-state index in [0.29, 0.717) is 0 Å². The normalized spacial score (nSPS) is 11.1. The molecule has 0 aliphatic carbocycles. The van der Waals surface area contributed by atoms with E-state index >= 15 is 0 Å². The van der Waals surface area contributed by atoms with Gasteiger partial charge in [0, 0.05) is 142 Å². The molecule has 0 saturated carbocycles. The molecule has 0 aliphatic rings. The van der Waals surface area contributed by atoms with E-state index < -0.39 is 0 Å². The van der Waals surface area contributed by atoms with E-state index in [2.05, 4.69) is 275 Å². The van der Waals surface area contributed by atoms with Gasteiger partial charge in [-0.1, -0.05) is 189 Å². The van der Waals surface area contributed by atoms with Crippen molar-refractivity contribution in [1.82, 2.24) is 15.0 Å². The summed E-state index contributed by atoms with van der Waals surface area (Å²) in [5, 5.41) is 28.7. The van der Waals surface area contributed by atoms with Crippen LogP contribution in [0.4, 0.5) is 0 Å². The number of allylic oxidation sites excluding steroid dienone is 6. The van der Waals surface area contributed by atoms with Crippen molar-refractivity contribution in [3.63, 3.8) is 0 Å². The third-order valence-corrected chi connectivity index (χ3v) is 21.4. The van der Waals surface area contributed by atoms with Crippen LogP contribution in [0.1, 0.15) is 107 Å². The van der Waals surface area contributed by atoms with Crippen molar-refractivity contribution < 1.29 is 90.0 Å². The first-order chi connectivity index (χ1) is 53.9. The Labute approximate surface area is 735 Å². The molecule has 0 aliphatic heterocycles. The molecule has 6 aromatic heterocycles. The number of aliphatic hydroxyl groups is 3. The fourth-order valence-electron chi connectivity index (χ4n) is 13.3. The van der Waals surface area contributed by atoms with Gasteiger partial charge in [0.1, 0.15) is 0 Å². The minimum absolute atomic E-state index is 0. The monoisotopic (exact) mass is 2120 g/mol. The first-order valence-electron chi connectivity index (χ1n) is 37.3. The Balaban J connectivity index is 0.000000211. The molecule has 15 heteroatoms. The van der Waals surface area contributed by atoms with Gasteiger partial charge in [0.2, 0.25) is 0 Å². The van der Waals surface area contributed by atoms with Gasteiger partial charge in [-0.3, -0.25) is 14.4 Å². The number of carbonyl (C=O) groups excluding carboxylic acids is 3. The molecule has 0 fully saturated rings. The zero-order valence-electron chi connectivity index (χ0n) is 68.0. The van der Waals surface area contributed by atoms with Crippen LogP contribution in [-0.4, -0.2) is 47.6 Å². The van der Waals surface area contributed by atoms with Crippen LogP contribution in [0.2, 0.25) is 0 Å². The summed E-state index contributed by atoms with van der Waals surface area (Å²) in [5.41, 5.74) is 27.9. The van der Waals surface area contributed by atoms with Crippen molar-refractivity contribution in [2.24, 2.45) is 0 Å². The third kappa shape index (κ3) is 26.2. The average Bonchev–Trinajstić information content (AvgIpc) is 1.61. The summed E-state index contributed by atoms with van der Waals surface area (Å²) < 4.78 is 3.77. The molecule has 15 aromatic rings. The van der Waals surface area contributed by atoms with Crippen molar-refractivity contribution in [2.45, 2.75) is 116 Å². The molecule has 3 N–H and O–H groups in total. The molecule has 15 rings (SSSR count). The Morgan fingerprint density at radius 2 is 0.621 bits per heavy atom. The number of hydrogen-bond acceptors (Lipinski definition) is 12. The SMILES string of the molecule is CC(=O)C=C(C)O.CC(=O)C=C(C)O.CC(=O)C=C(C)O.Cc1cc(C(C)(C)C)cc(C)c1-c1cc2cnc(-c3[c-]ccc(-c4ccccc4)c3)cc2s1.Cc1cc(C)c(-c2cc3cnc(-c4[c-]ccc(-c5ccccc5)c4)cc3s2)c(C)c1.Cc1cc(C)cc(-c2cc3cnc(-c4[c-]ccc(-c5ccccc5)c4)cc3s2)c1.[Ir].[Ir].[Ir]. The van der Waals surface area contributed by atoms with Gasteiger partial charge in [0.15, 0.2) is 17.3 Å². The molecule has 9 nitrogen and oxygen atoms in total. The first-order valence-corrected chi connectivity index (χ1v) is 39.7. The van der Waals surface area contributed by atoms with Crippen molar-refractivity contribution in [3.8, 4) is 98.5 Å².